The summed E-state index contributed by atoms with van der Waals surface area (Å²) in [4.78, 5) is 26.5. The number of esters is 1. The number of halogens is 3. The van der Waals surface area contributed by atoms with Crippen molar-refractivity contribution in [2.24, 2.45) is 5.92 Å². The average Bonchev–Trinajstić information content (AvgIpc) is 3.59. The molecule has 5 nitrogen and oxygen atoms in total. The minimum Gasteiger partial charge on any atom is -0.466 e. The zero-order chi connectivity index (χ0) is 24.5. The van der Waals surface area contributed by atoms with Crippen molar-refractivity contribution in [3.8, 4) is 5.69 Å². The molecule has 0 radical (unpaired) electrons. The Labute approximate surface area is 196 Å². The summed E-state index contributed by atoms with van der Waals surface area (Å²) >= 11 is 0. The van der Waals surface area contributed by atoms with Crippen molar-refractivity contribution in [3.63, 3.8) is 0 Å². The maximum absolute atomic E-state index is 13.6. The van der Waals surface area contributed by atoms with Gasteiger partial charge in [-0.3, -0.25) is 9.59 Å². The third kappa shape index (κ3) is 4.95. The Hall–Kier alpha value is -3.29. The van der Waals surface area contributed by atoms with Crippen LogP contribution in [0.4, 0.5) is 13.2 Å². The van der Waals surface area contributed by atoms with Crippen LogP contribution in [0.3, 0.4) is 0 Å². The van der Waals surface area contributed by atoms with Crippen LogP contribution in [0.25, 0.3) is 16.6 Å². The number of hydrogen-bond donors (Lipinski definition) is 0. The van der Waals surface area contributed by atoms with Gasteiger partial charge in [0.1, 0.15) is 0 Å². The second-order valence-corrected chi connectivity index (χ2v) is 8.49. The van der Waals surface area contributed by atoms with Crippen molar-refractivity contribution in [2.45, 2.75) is 45.8 Å². The Morgan fingerprint density at radius 1 is 1.09 bits per heavy atom. The molecule has 0 N–H and O–H groups in total. The maximum Gasteiger partial charge on any atom is 0.416 e. The van der Waals surface area contributed by atoms with E-state index in [0.29, 0.717) is 17.8 Å². The van der Waals surface area contributed by atoms with Gasteiger partial charge in [0, 0.05) is 30.6 Å². The number of aromatic nitrogens is 1. The highest BCUT2D eigenvalue weighted by atomic mass is 19.4. The molecule has 1 amide bonds. The van der Waals surface area contributed by atoms with E-state index in [4.69, 9.17) is 4.74 Å². The second-order valence-electron chi connectivity index (χ2n) is 8.49. The van der Waals surface area contributed by atoms with E-state index in [9.17, 15) is 22.8 Å². The summed E-state index contributed by atoms with van der Waals surface area (Å²) in [6, 6.07) is 11.0. The van der Waals surface area contributed by atoms with E-state index >= 15 is 0 Å². The first-order valence-corrected chi connectivity index (χ1v) is 11.5. The Bertz CT molecular complexity index is 1210. The van der Waals surface area contributed by atoms with Crippen LogP contribution >= 0.6 is 0 Å². The number of rotatable bonds is 8. The van der Waals surface area contributed by atoms with E-state index in [1.54, 1.807) is 22.6 Å². The fraction of sp³-hybridized carbons (Fsp3) is 0.385. The summed E-state index contributed by atoms with van der Waals surface area (Å²) in [6.45, 7) is 4.31. The summed E-state index contributed by atoms with van der Waals surface area (Å²) in [5.74, 6) is -0.422. The van der Waals surface area contributed by atoms with Crippen LogP contribution in [0.15, 0.2) is 48.7 Å². The number of carbonyl (C=O) groups is 2. The molecule has 1 saturated carbocycles. The van der Waals surface area contributed by atoms with Crippen molar-refractivity contribution in [2.75, 3.05) is 13.2 Å². The number of para-hydroxylation sites is 1. The van der Waals surface area contributed by atoms with Crippen LogP contribution in [0, 0.1) is 5.92 Å². The van der Waals surface area contributed by atoms with Crippen molar-refractivity contribution in [1.29, 1.82) is 0 Å². The van der Waals surface area contributed by atoms with Gasteiger partial charge in [-0.25, -0.2) is 0 Å². The van der Waals surface area contributed by atoms with Crippen molar-refractivity contribution in [3.05, 3.63) is 65.4 Å². The molecule has 34 heavy (non-hydrogen) atoms. The topological polar surface area (TPSA) is 51.5 Å². The Morgan fingerprint density at radius 3 is 2.47 bits per heavy atom. The summed E-state index contributed by atoms with van der Waals surface area (Å²) < 4.78 is 47.5. The predicted octanol–water partition coefficient (Wildman–Crippen LogP) is 5.51. The van der Waals surface area contributed by atoms with E-state index < -0.39 is 11.7 Å². The lowest BCUT2D eigenvalue weighted by Gasteiger charge is -2.24. The molecule has 0 saturated heterocycles. The summed E-state index contributed by atoms with van der Waals surface area (Å²) in [5, 5.41) is 0.822. The predicted molar refractivity (Wildman–Crippen MR) is 122 cm³/mol. The molecule has 0 atom stereocenters. The molecule has 1 fully saturated rings. The quantitative estimate of drug-likeness (QED) is 0.406. The number of fused-ring (bicyclic) bond motifs is 1. The number of ether oxygens (including phenoxy) is 1. The third-order valence-electron chi connectivity index (χ3n) is 6.08. The van der Waals surface area contributed by atoms with Gasteiger partial charge < -0.3 is 14.2 Å². The molecular weight excluding hydrogens is 445 g/mol. The van der Waals surface area contributed by atoms with E-state index in [1.165, 1.54) is 6.07 Å². The minimum absolute atomic E-state index is 0.0220. The Morgan fingerprint density at radius 2 is 1.82 bits per heavy atom. The van der Waals surface area contributed by atoms with Gasteiger partial charge in [-0.1, -0.05) is 18.2 Å². The van der Waals surface area contributed by atoms with Crippen LogP contribution in [-0.2, 0) is 33.5 Å². The molecule has 8 heteroatoms. The summed E-state index contributed by atoms with van der Waals surface area (Å²) in [6.07, 6.45) is -1.03. The lowest BCUT2D eigenvalue weighted by Crippen LogP contribution is -2.32. The van der Waals surface area contributed by atoms with Gasteiger partial charge in [0.2, 0.25) is 5.91 Å². The van der Waals surface area contributed by atoms with Gasteiger partial charge in [0.15, 0.2) is 0 Å². The van der Waals surface area contributed by atoms with E-state index in [-0.39, 0.29) is 37.4 Å². The Balaban J connectivity index is 1.82. The van der Waals surface area contributed by atoms with Gasteiger partial charge in [-0.2, -0.15) is 13.2 Å². The normalized spacial score (nSPS) is 13.8. The fourth-order valence-electron chi connectivity index (χ4n) is 4.22. The summed E-state index contributed by atoms with van der Waals surface area (Å²) in [5.41, 5.74) is 1.67. The smallest absolute Gasteiger partial charge is 0.416 e. The maximum atomic E-state index is 13.6. The molecule has 0 bridgehead atoms. The number of hydrogen-bond acceptors (Lipinski definition) is 3. The molecule has 4 rings (SSSR count). The molecule has 180 valence electrons. The minimum atomic E-state index is -4.50. The van der Waals surface area contributed by atoms with Crippen LogP contribution in [-0.4, -0.2) is 34.5 Å². The van der Waals surface area contributed by atoms with E-state index in [2.05, 4.69) is 0 Å². The third-order valence-corrected chi connectivity index (χ3v) is 6.08. The first-order valence-electron chi connectivity index (χ1n) is 11.5. The molecule has 0 spiro atoms. The number of alkyl halides is 3. The van der Waals surface area contributed by atoms with Crippen LogP contribution in [0.2, 0.25) is 0 Å². The highest BCUT2D eigenvalue weighted by molar-refractivity contribution is 5.89. The zero-order valence-electron chi connectivity index (χ0n) is 19.2. The lowest BCUT2D eigenvalue weighted by atomic mass is 10.1. The number of nitrogens with zero attached hydrogens (tertiary/aromatic N) is 2. The van der Waals surface area contributed by atoms with Gasteiger partial charge in [-0.15, -0.1) is 0 Å². The van der Waals surface area contributed by atoms with E-state index in [0.717, 1.165) is 41.4 Å². The fourth-order valence-corrected chi connectivity index (χ4v) is 4.22. The average molecular weight is 473 g/mol. The zero-order valence-corrected chi connectivity index (χ0v) is 19.2. The molecule has 1 aromatic heterocycles. The van der Waals surface area contributed by atoms with E-state index in [1.807, 2.05) is 31.2 Å². The molecule has 2 aromatic carbocycles. The molecule has 1 heterocycles. The van der Waals surface area contributed by atoms with Crippen molar-refractivity contribution < 1.29 is 27.5 Å². The van der Waals surface area contributed by atoms with Crippen LogP contribution in [0.5, 0.6) is 0 Å². The van der Waals surface area contributed by atoms with Crippen LogP contribution in [0.1, 0.15) is 43.4 Å². The molecule has 0 aliphatic heterocycles. The number of amides is 1. The highest BCUT2D eigenvalue weighted by Crippen LogP contribution is 2.35. The standard InChI is InChI=1S/C26H27F3N2O3/c1-3-30(25(33)17-9-10-17)15-19-13-20(26(27,28)29)11-12-22(19)31-16-18(14-24(32)34-4-2)21-7-5-6-8-23(21)31/h5-8,11-13,16-17H,3-4,9-10,14-15H2,1-2H3. The Kier molecular flexibility index (Phi) is 6.68. The lowest BCUT2D eigenvalue weighted by molar-refractivity contribution is -0.142. The highest BCUT2D eigenvalue weighted by Gasteiger charge is 2.34. The van der Waals surface area contributed by atoms with Gasteiger partial charge in [-0.05, 0) is 62.1 Å². The number of benzene rings is 2. The number of carbonyl (C=O) groups excluding carboxylic acids is 2. The van der Waals surface area contributed by atoms with Crippen LogP contribution < -0.4 is 0 Å². The van der Waals surface area contributed by atoms with Crippen molar-refractivity contribution in [1.82, 2.24) is 9.47 Å². The molecular formula is C26H27F3N2O3. The molecule has 0 unspecified atom stereocenters. The largest absolute Gasteiger partial charge is 0.466 e. The first kappa shape index (κ1) is 23.9. The summed E-state index contributed by atoms with van der Waals surface area (Å²) in [7, 11) is 0. The van der Waals surface area contributed by atoms with Gasteiger partial charge in [0.05, 0.1) is 29.8 Å². The van der Waals surface area contributed by atoms with Crippen molar-refractivity contribution >= 4 is 22.8 Å². The molecule has 1 aliphatic carbocycles. The SMILES string of the molecule is CCOC(=O)Cc1cn(-c2ccc(C(F)(F)F)cc2CN(CC)C(=O)C2CC2)c2ccccc12. The van der Waals surface area contributed by atoms with Gasteiger partial charge >= 0.3 is 12.1 Å². The van der Waals surface area contributed by atoms with Gasteiger partial charge in [0.25, 0.3) is 0 Å². The molecule has 1 aliphatic rings. The second kappa shape index (κ2) is 9.52. The first-order chi connectivity index (χ1) is 16.2. The molecule has 3 aromatic rings. The monoisotopic (exact) mass is 472 g/mol.